The second kappa shape index (κ2) is 7.40. The van der Waals surface area contributed by atoms with Gasteiger partial charge in [-0.25, -0.2) is 4.98 Å². The number of furan rings is 1. The minimum atomic E-state index is -0.0763. The topological polar surface area (TPSA) is 58.8 Å². The number of aromatic nitrogens is 1. The molecule has 0 bridgehead atoms. The number of anilines is 1. The van der Waals surface area contributed by atoms with E-state index in [2.05, 4.69) is 11.0 Å². The number of nitrogens with zero attached hydrogens (tertiary/aromatic N) is 3. The van der Waals surface area contributed by atoms with E-state index in [0.717, 1.165) is 29.1 Å². The Balaban J connectivity index is 1.31. The van der Waals surface area contributed by atoms with Crippen LogP contribution in [0.2, 0.25) is 0 Å². The van der Waals surface area contributed by atoms with Crippen LogP contribution in [0.5, 0.6) is 5.75 Å². The van der Waals surface area contributed by atoms with Crippen molar-refractivity contribution >= 4 is 43.6 Å². The Morgan fingerprint density at radius 3 is 2.76 bits per heavy atom. The van der Waals surface area contributed by atoms with Crippen molar-refractivity contribution in [3.05, 3.63) is 54.3 Å². The highest BCUT2D eigenvalue weighted by atomic mass is 32.1. The average molecular weight is 407 g/mol. The van der Waals surface area contributed by atoms with Gasteiger partial charge in [-0.1, -0.05) is 35.6 Å². The lowest BCUT2D eigenvalue weighted by molar-refractivity contribution is 0.0717. The SMILES string of the molecule is CCOc1cccc2cc(C(=O)N3CCN(c4nc5ccccc5s4)CC3)oc12. The van der Waals surface area contributed by atoms with E-state index in [1.807, 2.05) is 48.2 Å². The smallest absolute Gasteiger partial charge is 0.289 e. The maximum Gasteiger partial charge on any atom is 0.289 e. The zero-order valence-corrected chi connectivity index (χ0v) is 16.9. The van der Waals surface area contributed by atoms with Crippen molar-refractivity contribution in [3.8, 4) is 5.75 Å². The Labute approximate surface area is 172 Å². The lowest BCUT2D eigenvalue weighted by Gasteiger charge is -2.34. The fraction of sp³-hybridized carbons (Fsp3) is 0.273. The first-order chi connectivity index (χ1) is 14.2. The fourth-order valence-electron chi connectivity index (χ4n) is 3.66. The standard InChI is InChI=1S/C22H21N3O3S/c1-2-27-17-8-5-6-15-14-18(28-20(15)17)21(26)24-10-12-25(13-11-24)22-23-16-7-3-4-9-19(16)29-22/h3-9,14H,2,10-13H2,1H3. The first kappa shape index (κ1) is 18.0. The van der Waals surface area contributed by atoms with Gasteiger partial charge < -0.3 is 19.0 Å². The predicted molar refractivity (Wildman–Crippen MR) is 115 cm³/mol. The van der Waals surface area contributed by atoms with Crippen LogP contribution in [-0.2, 0) is 0 Å². The molecule has 29 heavy (non-hydrogen) atoms. The van der Waals surface area contributed by atoms with Gasteiger partial charge in [-0.15, -0.1) is 0 Å². The zero-order chi connectivity index (χ0) is 19.8. The van der Waals surface area contributed by atoms with Gasteiger partial charge in [0.25, 0.3) is 5.91 Å². The van der Waals surface area contributed by atoms with E-state index in [0.29, 0.717) is 36.8 Å². The van der Waals surface area contributed by atoms with Crippen molar-refractivity contribution in [2.75, 3.05) is 37.7 Å². The van der Waals surface area contributed by atoms with Gasteiger partial charge in [0.1, 0.15) is 0 Å². The minimum Gasteiger partial charge on any atom is -0.490 e. The highest BCUT2D eigenvalue weighted by molar-refractivity contribution is 7.22. The van der Waals surface area contributed by atoms with E-state index in [-0.39, 0.29) is 5.91 Å². The van der Waals surface area contributed by atoms with Crippen molar-refractivity contribution in [2.24, 2.45) is 0 Å². The first-order valence-electron chi connectivity index (χ1n) is 9.78. The van der Waals surface area contributed by atoms with E-state index < -0.39 is 0 Å². The van der Waals surface area contributed by atoms with Gasteiger partial charge in [0.2, 0.25) is 0 Å². The molecular weight excluding hydrogens is 386 g/mol. The fourth-order valence-corrected chi connectivity index (χ4v) is 4.68. The molecule has 1 amide bonds. The number of carbonyl (C=O) groups is 1. The summed E-state index contributed by atoms with van der Waals surface area (Å²) in [4.78, 5) is 21.8. The monoisotopic (exact) mass is 407 g/mol. The third-order valence-electron chi connectivity index (χ3n) is 5.14. The van der Waals surface area contributed by atoms with Crippen LogP contribution < -0.4 is 9.64 Å². The molecule has 0 unspecified atom stereocenters. The third-order valence-corrected chi connectivity index (χ3v) is 6.24. The molecule has 1 fully saturated rings. The summed E-state index contributed by atoms with van der Waals surface area (Å²) >= 11 is 1.70. The Morgan fingerprint density at radius 2 is 1.97 bits per heavy atom. The molecule has 0 spiro atoms. The quantitative estimate of drug-likeness (QED) is 0.502. The highest BCUT2D eigenvalue weighted by Gasteiger charge is 2.26. The maximum absolute atomic E-state index is 13.0. The van der Waals surface area contributed by atoms with E-state index >= 15 is 0 Å². The van der Waals surface area contributed by atoms with Crippen LogP contribution >= 0.6 is 11.3 Å². The molecule has 1 aliphatic rings. The number of thiazole rings is 1. The summed E-state index contributed by atoms with van der Waals surface area (Å²) < 4.78 is 12.7. The zero-order valence-electron chi connectivity index (χ0n) is 16.1. The summed E-state index contributed by atoms with van der Waals surface area (Å²) in [6.07, 6.45) is 0. The number of hydrogen-bond acceptors (Lipinski definition) is 6. The molecule has 148 valence electrons. The molecule has 3 heterocycles. The van der Waals surface area contributed by atoms with Gasteiger partial charge in [-0.05, 0) is 31.2 Å². The van der Waals surface area contributed by atoms with Gasteiger partial charge >= 0.3 is 0 Å². The maximum atomic E-state index is 13.0. The number of amides is 1. The first-order valence-corrected chi connectivity index (χ1v) is 10.6. The van der Waals surface area contributed by atoms with E-state index in [1.54, 1.807) is 17.4 Å². The van der Waals surface area contributed by atoms with Crippen LogP contribution in [-0.4, -0.2) is 48.6 Å². The Bertz CT molecular complexity index is 1140. The Morgan fingerprint density at radius 1 is 1.14 bits per heavy atom. The second-order valence-electron chi connectivity index (χ2n) is 6.96. The summed E-state index contributed by atoms with van der Waals surface area (Å²) in [5.74, 6) is 0.956. The number of para-hydroxylation sites is 2. The van der Waals surface area contributed by atoms with Crippen molar-refractivity contribution in [1.29, 1.82) is 0 Å². The Kier molecular flexibility index (Phi) is 4.60. The average Bonchev–Trinajstić information content (AvgIpc) is 3.38. The lowest BCUT2D eigenvalue weighted by atomic mass is 10.2. The highest BCUT2D eigenvalue weighted by Crippen LogP contribution is 2.31. The number of carbonyl (C=O) groups excluding carboxylic acids is 1. The molecule has 0 N–H and O–H groups in total. The predicted octanol–water partition coefficient (Wildman–Crippen LogP) is 4.40. The molecular formula is C22H21N3O3S. The van der Waals surface area contributed by atoms with Crippen LogP contribution in [0.3, 0.4) is 0 Å². The van der Waals surface area contributed by atoms with Crippen molar-refractivity contribution in [2.45, 2.75) is 6.92 Å². The molecule has 0 aliphatic carbocycles. The van der Waals surface area contributed by atoms with Gasteiger partial charge in [0, 0.05) is 31.6 Å². The molecule has 0 atom stereocenters. The van der Waals surface area contributed by atoms with Crippen molar-refractivity contribution in [3.63, 3.8) is 0 Å². The largest absolute Gasteiger partial charge is 0.490 e. The number of hydrogen-bond donors (Lipinski definition) is 0. The molecule has 4 aromatic rings. The van der Waals surface area contributed by atoms with Crippen LogP contribution in [0.15, 0.2) is 52.9 Å². The van der Waals surface area contributed by atoms with Crippen LogP contribution in [0.4, 0.5) is 5.13 Å². The van der Waals surface area contributed by atoms with E-state index in [4.69, 9.17) is 14.1 Å². The summed E-state index contributed by atoms with van der Waals surface area (Å²) in [7, 11) is 0. The van der Waals surface area contributed by atoms with Gasteiger partial charge in [0.05, 0.1) is 16.8 Å². The second-order valence-corrected chi connectivity index (χ2v) is 7.97. The summed E-state index contributed by atoms with van der Waals surface area (Å²) in [5.41, 5.74) is 1.66. The van der Waals surface area contributed by atoms with Crippen molar-refractivity contribution in [1.82, 2.24) is 9.88 Å². The summed E-state index contributed by atoms with van der Waals surface area (Å²) in [6.45, 7) is 5.29. The molecule has 0 radical (unpaired) electrons. The van der Waals surface area contributed by atoms with Gasteiger partial charge in [-0.3, -0.25) is 4.79 Å². The van der Waals surface area contributed by atoms with Crippen LogP contribution in [0.1, 0.15) is 17.5 Å². The normalized spacial score (nSPS) is 14.7. The molecule has 7 heteroatoms. The molecule has 0 saturated carbocycles. The number of ether oxygens (including phenoxy) is 1. The minimum absolute atomic E-state index is 0.0763. The van der Waals surface area contributed by atoms with Crippen LogP contribution in [0.25, 0.3) is 21.2 Å². The molecule has 2 aromatic carbocycles. The third kappa shape index (κ3) is 3.31. The van der Waals surface area contributed by atoms with E-state index in [9.17, 15) is 4.79 Å². The number of benzene rings is 2. The Hall–Kier alpha value is -3.06. The number of piperazine rings is 1. The number of rotatable bonds is 4. The molecule has 1 aliphatic heterocycles. The molecule has 5 rings (SSSR count). The van der Waals surface area contributed by atoms with E-state index in [1.165, 1.54) is 4.70 Å². The van der Waals surface area contributed by atoms with Gasteiger partial charge in [-0.2, -0.15) is 0 Å². The number of fused-ring (bicyclic) bond motifs is 2. The summed E-state index contributed by atoms with van der Waals surface area (Å²) in [5, 5.41) is 1.90. The summed E-state index contributed by atoms with van der Waals surface area (Å²) in [6, 6.07) is 15.7. The molecule has 2 aromatic heterocycles. The van der Waals surface area contributed by atoms with Gasteiger partial charge in [0.15, 0.2) is 22.2 Å². The van der Waals surface area contributed by atoms with Crippen molar-refractivity contribution < 1.29 is 13.9 Å². The van der Waals surface area contributed by atoms with Crippen LogP contribution in [0, 0.1) is 0 Å². The molecule has 6 nitrogen and oxygen atoms in total. The molecule has 1 saturated heterocycles. The lowest BCUT2D eigenvalue weighted by Crippen LogP contribution is -2.48.